The van der Waals surface area contributed by atoms with E-state index in [2.05, 4.69) is 162 Å². The van der Waals surface area contributed by atoms with Crippen LogP contribution in [0, 0.1) is 27.7 Å². The predicted octanol–water partition coefficient (Wildman–Crippen LogP) is 9.85. The van der Waals surface area contributed by atoms with Gasteiger partial charge in [0.2, 0.25) is 12.4 Å². The molecule has 0 radical (unpaired) electrons. The Morgan fingerprint density at radius 1 is 0.634 bits per heavy atom. The molecule has 6 aromatic rings. The highest BCUT2D eigenvalue weighted by atomic mass is 16.5. The summed E-state index contributed by atoms with van der Waals surface area (Å²) in [5.74, 6) is 2.55. The van der Waals surface area contributed by atoms with E-state index < -0.39 is 0 Å². The molecule has 0 atom stereocenters. The lowest BCUT2D eigenvalue weighted by Crippen LogP contribution is -2.33. The van der Waals surface area contributed by atoms with Crippen molar-refractivity contribution in [3.05, 3.63) is 148 Å². The quantitative estimate of drug-likeness (QED) is 0.123. The third-order valence-electron chi connectivity index (χ3n) is 14.4. The number of hydrogen-bond acceptors (Lipinski definition) is 10. The van der Waals surface area contributed by atoms with Crippen LogP contribution in [0.3, 0.4) is 0 Å². The first-order valence-corrected chi connectivity index (χ1v) is 25.3. The Hall–Kier alpha value is -6.67. The van der Waals surface area contributed by atoms with Gasteiger partial charge in [0.15, 0.2) is 5.71 Å². The summed E-state index contributed by atoms with van der Waals surface area (Å²) in [5, 5.41) is 9.30. The molecule has 13 heteroatoms. The van der Waals surface area contributed by atoms with Crippen LogP contribution >= 0.6 is 0 Å². The van der Waals surface area contributed by atoms with Gasteiger partial charge in [0.1, 0.15) is 22.9 Å². The number of methoxy groups -OCH3 is 1. The molecule has 0 saturated carbocycles. The number of anilines is 2. The minimum absolute atomic E-state index is 0.0539. The van der Waals surface area contributed by atoms with Crippen molar-refractivity contribution in [2.24, 2.45) is 0 Å². The lowest BCUT2D eigenvalue weighted by Gasteiger charge is -2.29. The van der Waals surface area contributed by atoms with Gasteiger partial charge >= 0.3 is 0 Å². The van der Waals surface area contributed by atoms with Crippen LogP contribution in [0.5, 0.6) is 17.2 Å². The van der Waals surface area contributed by atoms with Crippen LogP contribution in [0.15, 0.2) is 108 Å². The van der Waals surface area contributed by atoms with E-state index in [1.807, 2.05) is 10.9 Å². The topological polar surface area (TPSA) is 101 Å². The third-order valence-corrected chi connectivity index (χ3v) is 14.4. The van der Waals surface area contributed by atoms with Gasteiger partial charge in [0.05, 0.1) is 94.5 Å². The van der Waals surface area contributed by atoms with E-state index in [4.69, 9.17) is 28.4 Å². The highest BCUT2D eigenvalue weighted by Crippen LogP contribution is 2.41. The highest BCUT2D eigenvalue weighted by molar-refractivity contribution is 5.96. The van der Waals surface area contributed by atoms with Crippen molar-refractivity contribution in [2.75, 3.05) is 95.9 Å². The second kappa shape index (κ2) is 21.4. The van der Waals surface area contributed by atoms with Gasteiger partial charge in [-0.25, -0.2) is 4.68 Å². The molecule has 0 unspecified atom stereocenters. The zero-order valence-electron chi connectivity index (χ0n) is 42.5. The summed E-state index contributed by atoms with van der Waals surface area (Å²) >= 11 is 0. The van der Waals surface area contributed by atoms with Crippen LogP contribution < -0.4 is 24.0 Å². The molecule has 2 bridgehead atoms. The molecule has 6 heterocycles. The summed E-state index contributed by atoms with van der Waals surface area (Å²) in [6.07, 6.45) is 5.77. The minimum Gasteiger partial charge on any atom is -0.496 e. The number of fused-ring (bicyclic) bond motifs is 12. The van der Waals surface area contributed by atoms with Gasteiger partial charge in [-0.05, 0) is 130 Å². The standard InChI is InChI=1S/C58H68N7O6/c1-39-8-16-51-54(32-39)70-24-18-45(19-25-71-55-33-40(2)9-17-52(55)62-21-27-67-26-20-61(51)22-28-68-30-31-69-29-23-62)49-15-12-47(36-53(49)66-7)50-37-65(60-59-50)48-13-10-46(11-14-48)56-57-41(3)34-43(5)63(57)38-64-44(6)35-42(4)58(56)64/h8-17,32-37,45H,18-31,38H2,1-7H3/q+1. The van der Waals surface area contributed by atoms with Crippen molar-refractivity contribution in [3.63, 3.8) is 0 Å². The summed E-state index contributed by atoms with van der Waals surface area (Å²) in [5.41, 5.74) is 18.2. The molecule has 4 aliphatic heterocycles. The fourth-order valence-electron chi connectivity index (χ4n) is 10.7. The number of aryl methyl sites for hydroxylation is 4. The maximum Gasteiger partial charge on any atom is 0.228 e. The molecule has 0 aliphatic carbocycles. The normalized spacial score (nSPS) is 17.7. The summed E-state index contributed by atoms with van der Waals surface area (Å²) in [6.45, 7) is 21.0. The van der Waals surface area contributed by atoms with Gasteiger partial charge in [-0.1, -0.05) is 41.6 Å². The van der Waals surface area contributed by atoms with Gasteiger partial charge in [0, 0.05) is 56.0 Å². The number of ether oxygens (including phenoxy) is 6. The van der Waals surface area contributed by atoms with Crippen molar-refractivity contribution in [2.45, 2.75) is 67.0 Å². The van der Waals surface area contributed by atoms with Gasteiger partial charge in [0.25, 0.3) is 0 Å². The Morgan fingerprint density at radius 2 is 1.23 bits per heavy atom. The molecular weight excluding hydrogens is 891 g/mol. The summed E-state index contributed by atoms with van der Waals surface area (Å²) in [7, 11) is 1.74. The average Bonchev–Trinajstić information content (AvgIpc) is 4.06. The molecule has 0 spiro atoms. The van der Waals surface area contributed by atoms with Crippen molar-refractivity contribution in [1.82, 2.24) is 19.6 Å². The first kappa shape index (κ1) is 48.0. The number of benzene rings is 4. The van der Waals surface area contributed by atoms with Crippen LogP contribution in [0.25, 0.3) is 22.5 Å². The second-order valence-electron chi connectivity index (χ2n) is 19.3. The van der Waals surface area contributed by atoms with Gasteiger partial charge in [-0.3, -0.25) is 4.57 Å². The van der Waals surface area contributed by atoms with Crippen molar-refractivity contribution < 1.29 is 33.0 Å². The van der Waals surface area contributed by atoms with E-state index in [9.17, 15) is 0 Å². The zero-order chi connectivity index (χ0) is 49.0. The van der Waals surface area contributed by atoms with Gasteiger partial charge in [-0.2, -0.15) is 4.58 Å². The number of hydrogen-bond donors (Lipinski definition) is 0. The largest absolute Gasteiger partial charge is 0.496 e. The molecule has 370 valence electrons. The van der Waals surface area contributed by atoms with Crippen LogP contribution in [0.2, 0.25) is 0 Å². The zero-order valence-corrected chi connectivity index (χ0v) is 42.5. The fraction of sp³-hybridized carbons (Fsp3) is 0.397. The Morgan fingerprint density at radius 3 is 1.83 bits per heavy atom. The van der Waals surface area contributed by atoms with Crippen LogP contribution in [-0.2, 0) is 20.9 Å². The lowest BCUT2D eigenvalue weighted by atomic mass is 9.91. The Bertz CT molecular complexity index is 2910. The number of aromatic nitrogens is 4. The van der Waals surface area contributed by atoms with E-state index in [0.29, 0.717) is 79.0 Å². The summed E-state index contributed by atoms with van der Waals surface area (Å²) in [6, 6.07) is 30.3. The van der Waals surface area contributed by atoms with E-state index in [-0.39, 0.29) is 5.92 Å². The number of rotatable bonds is 5. The molecule has 0 amide bonds. The van der Waals surface area contributed by atoms with Gasteiger partial charge < -0.3 is 38.2 Å². The Balaban J connectivity index is 0.932. The Labute approximate surface area is 418 Å². The van der Waals surface area contributed by atoms with Crippen LogP contribution in [-0.4, -0.2) is 116 Å². The lowest BCUT2D eigenvalue weighted by molar-refractivity contribution is -0.506. The summed E-state index contributed by atoms with van der Waals surface area (Å²) in [4.78, 5) is 4.64. The van der Waals surface area contributed by atoms with E-state index >= 15 is 0 Å². The van der Waals surface area contributed by atoms with E-state index in [1.165, 1.54) is 45.1 Å². The number of nitrogens with zero attached hydrogens (tertiary/aromatic N) is 7. The Kier molecular flexibility index (Phi) is 14.4. The maximum atomic E-state index is 6.78. The molecule has 1 fully saturated rings. The molecule has 2 aromatic heterocycles. The first-order chi connectivity index (χ1) is 34.6. The molecule has 71 heavy (non-hydrogen) atoms. The van der Waals surface area contributed by atoms with Gasteiger partial charge in [-0.15, -0.1) is 5.10 Å². The average molecular weight is 959 g/mol. The molecule has 0 N–H and O–H groups in total. The summed E-state index contributed by atoms with van der Waals surface area (Å²) < 4.78 is 45.0. The maximum absolute atomic E-state index is 6.78. The molecule has 10 rings (SSSR count). The SMILES string of the molecule is COc1cc(-c2cn(-c3ccc(C4=C5C(C)=CC(C)=[N+]5Cn5c(C)cc(C)c54)cc3)nn2)ccc1C1CCOc2cc(C)ccc2N2CCOCCOCCN(CCOCC2)c2ccc(C)cc2OCC1. The van der Waals surface area contributed by atoms with Crippen molar-refractivity contribution >= 4 is 22.7 Å². The van der Waals surface area contributed by atoms with Crippen molar-refractivity contribution in [3.8, 4) is 34.2 Å². The smallest absolute Gasteiger partial charge is 0.228 e. The molecule has 4 aromatic carbocycles. The highest BCUT2D eigenvalue weighted by Gasteiger charge is 2.37. The third kappa shape index (κ3) is 10.3. The molecule has 13 nitrogen and oxygen atoms in total. The molecule has 1 saturated heterocycles. The predicted molar refractivity (Wildman–Crippen MR) is 280 cm³/mol. The van der Waals surface area contributed by atoms with Crippen LogP contribution in [0.4, 0.5) is 11.4 Å². The fourth-order valence-corrected chi connectivity index (χ4v) is 10.7. The van der Waals surface area contributed by atoms with E-state index in [0.717, 1.165) is 81.8 Å². The van der Waals surface area contributed by atoms with E-state index in [1.54, 1.807) is 7.11 Å². The van der Waals surface area contributed by atoms with Crippen molar-refractivity contribution in [1.29, 1.82) is 0 Å². The first-order valence-electron chi connectivity index (χ1n) is 25.3. The number of allylic oxidation sites excluding steroid dienone is 2. The second-order valence-corrected chi connectivity index (χ2v) is 19.3. The minimum atomic E-state index is 0.0539. The molecular formula is C58H68N7O6+. The monoisotopic (exact) mass is 959 g/mol. The van der Waals surface area contributed by atoms with Crippen LogP contribution in [0.1, 0.15) is 71.8 Å². The molecule has 4 aliphatic rings.